The number of carboxylic acid groups (broad SMARTS) is 1. The molecule has 0 saturated carbocycles. The molecular weight excluding hydrogens is 289 g/mol. The van der Waals surface area contributed by atoms with Crippen molar-refractivity contribution in [3.63, 3.8) is 0 Å². The van der Waals surface area contributed by atoms with E-state index in [1.165, 1.54) is 36.1 Å². The van der Waals surface area contributed by atoms with Gasteiger partial charge in [0.05, 0.1) is 16.6 Å². The van der Waals surface area contributed by atoms with E-state index < -0.39 is 17.3 Å². The highest BCUT2D eigenvalue weighted by Crippen LogP contribution is 2.22. The van der Waals surface area contributed by atoms with Crippen LogP contribution in [0.5, 0.6) is 0 Å². The third kappa shape index (κ3) is 1.82. The number of carbonyl (C=O) groups is 1. The average Bonchev–Trinajstić information content (AvgIpc) is 2.84. The van der Waals surface area contributed by atoms with Crippen LogP contribution < -0.4 is 5.56 Å². The molecule has 2 heterocycles. The number of pyridine rings is 1. The Morgan fingerprint density at radius 3 is 2.64 bits per heavy atom. The van der Waals surface area contributed by atoms with E-state index in [0.717, 1.165) is 10.7 Å². The second-order valence-corrected chi connectivity index (χ2v) is 4.86. The summed E-state index contributed by atoms with van der Waals surface area (Å²) in [5.41, 5.74) is -0.532. The number of hydrogen-bond donors (Lipinski definition) is 1. The van der Waals surface area contributed by atoms with E-state index in [0.29, 0.717) is 5.82 Å². The Hall–Kier alpha value is -2.96. The van der Waals surface area contributed by atoms with Crippen molar-refractivity contribution in [3.8, 4) is 0 Å². The highest BCUT2D eigenvalue weighted by Gasteiger charge is 2.22. The average molecular weight is 301 g/mol. The first-order chi connectivity index (χ1) is 10.4. The number of carboxylic acids is 1. The normalized spacial score (nSPS) is 11.0. The summed E-state index contributed by atoms with van der Waals surface area (Å²) in [6.45, 7) is 3.17. The van der Waals surface area contributed by atoms with Gasteiger partial charge in [-0.3, -0.25) is 4.79 Å². The molecule has 3 aromatic rings. The van der Waals surface area contributed by atoms with Gasteiger partial charge in [0.15, 0.2) is 0 Å². The van der Waals surface area contributed by atoms with E-state index in [1.807, 2.05) is 0 Å². The lowest BCUT2D eigenvalue weighted by atomic mass is 10.0. The first-order valence-corrected chi connectivity index (χ1v) is 6.51. The van der Waals surface area contributed by atoms with Gasteiger partial charge in [-0.1, -0.05) is 12.1 Å². The van der Waals surface area contributed by atoms with Crippen molar-refractivity contribution in [2.24, 2.45) is 0 Å². The van der Waals surface area contributed by atoms with Gasteiger partial charge in [0, 0.05) is 17.8 Å². The van der Waals surface area contributed by atoms with Gasteiger partial charge in [-0.2, -0.15) is 0 Å². The van der Waals surface area contributed by atoms with Crippen LogP contribution in [-0.2, 0) is 0 Å². The van der Waals surface area contributed by atoms with E-state index >= 15 is 0 Å². The number of halogens is 1. The topological polar surface area (TPSA) is 77.1 Å². The molecule has 1 aromatic carbocycles. The Kier molecular flexibility index (Phi) is 3.05. The summed E-state index contributed by atoms with van der Waals surface area (Å²) >= 11 is 0. The van der Waals surface area contributed by atoms with Gasteiger partial charge >= 0.3 is 5.97 Å². The number of hydrogen-bond acceptors (Lipinski definition) is 3. The Morgan fingerprint density at radius 1 is 1.32 bits per heavy atom. The van der Waals surface area contributed by atoms with Crippen LogP contribution in [0.1, 0.15) is 21.9 Å². The van der Waals surface area contributed by atoms with Crippen molar-refractivity contribution < 1.29 is 14.3 Å². The van der Waals surface area contributed by atoms with Crippen LogP contribution in [0.15, 0.2) is 35.4 Å². The summed E-state index contributed by atoms with van der Waals surface area (Å²) in [5, 5.41) is 9.31. The quantitative estimate of drug-likeness (QED) is 0.785. The van der Waals surface area contributed by atoms with Crippen LogP contribution in [0.25, 0.3) is 10.8 Å². The molecule has 112 valence electrons. The van der Waals surface area contributed by atoms with Gasteiger partial charge in [0.1, 0.15) is 11.6 Å². The number of rotatable bonds is 2. The van der Waals surface area contributed by atoms with E-state index in [9.17, 15) is 19.1 Å². The Bertz CT molecular complexity index is 972. The zero-order chi connectivity index (χ0) is 16.0. The minimum Gasteiger partial charge on any atom is -0.478 e. The van der Waals surface area contributed by atoms with Gasteiger partial charge < -0.3 is 5.11 Å². The van der Waals surface area contributed by atoms with Crippen molar-refractivity contribution in [3.05, 3.63) is 63.8 Å². The Labute approximate surface area is 124 Å². The van der Waals surface area contributed by atoms with E-state index in [1.54, 1.807) is 6.92 Å². The van der Waals surface area contributed by atoms with Gasteiger partial charge in [-0.25, -0.2) is 23.5 Å². The molecule has 3 rings (SSSR count). The molecule has 0 aliphatic rings. The van der Waals surface area contributed by atoms with Gasteiger partial charge in [0.2, 0.25) is 0 Å². The summed E-state index contributed by atoms with van der Waals surface area (Å²) in [5.74, 6) is -1.49. The summed E-state index contributed by atoms with van der Waals surface area (Å²) in [6.07, 6.45) is 3.00. The fraction of sp³-hybridized carbons (Fsp3) is 0.133. The molecule has 2 aromatic heterocycles. The number of aromatic carboxylic acids is 1. The Balaban J connectivity index is 2.60. The number of benzene rings is 1. The minimum atomic E-state index is -1.22. The standard InChI is InChI=1S/C15H12FN3O3/c1-8-12(15(21)22)10-4-3-5-11(16)13(10)14(20)19(8)18-7-6-17-9(18)2/h3-7H,1-2H3,(H,21,22). The molecule has 0 bridgehead atoms. The molecule has 0 fully saturated rings. The molecule has 0 aliphatic carbocycles. The third-order valence-corrected chi connectivity index (χ3v) is 3.60. The number of aryl methyl sites for hydroxylation is 1. The lowest BCUT2D eigenvalue weighted by molar-refractivity contribution is 0.0697. The number of fused-ring (bicyclic) bond motifs is 1. The fourth-order valence-corrected chi connectivity index (χ4v) is 2.62. The number of nitrogens with zero attached hydrogens (tertiary/aromatic N) is 3. The predicted octanol–water partition coefficient (Wildman–Crippen LogP) is 1.96. The van der Waals surface area contributed by atoms with Gasteiger partial charge in [-0.15, -0.1) is 0 Å². The highest BCUT2D eigenvalue weighted by atomic mass is 19.1. The Morgan fingerprint density at radius 2 is 2.05 bits per heavy atom. The molecular formula is C15H12FN3O3. The van der Waals surface area contributed by atoms with Crippen LogP contribution in [0.3, 0.4) is 0 Å². The van der Waals surface area contributed by atoms with Gasteiger partial charge in [0.25, 0.3) is 5.56 Å². The molecule has 7 heteroatoms. The van der Waals surface area contributed by atoms with Crippen LogP contribution in [-0.4, -0.2) is 25.4 Å². The molecule has 0 saturated heterocycles. The van der Waals surface area contributed by atoms with Gasteiger partial charge in [-0.05, 0) is 19.9 Å². The summed E-state index contributed by atoms with van der Waals surface area (Å²) < 4.78 is 16.6. The maximum absolute atomic E-state index is 14.1. The molecule has 22 heavy (non-hydrogen) atoms. The first-order valence-electron chi connectivity index (χ1n) is 6.51. The lowest BCUT2D eigenvalue weighted by Gasteiger charge is -2.16. The summed E-state index contributed by atoms with van der Waals surface area (Å²) in [6, 6.07) is 3.95. The number of aromatic nitrogens is 3. The summed E-state index contributed by atoms with van der Waals surface area (Å²) in [4.78, 5) is 28.3. The maximum Gasteiger partial charge on any atom is 0.338 e. The van der Waals surface area contributed by atoms with Crippen molar-refractivity contribution in [1.29, 1.82) is 0 Å². The van der Waals surface area contributed by atoms with E-state index in [4.69, 9.17) is 0 Å². The van der Waals surface area contributed by atoms with Crippen LogP contribution in [0, 0.1) is 19.7 Å². The van der Waals surface area contributed by atoms with Crippen molar-refractivity contribution in [2.75, 3.05) is 0 Å². The zero-order valence-electron chi connectivity index (χ0n) is 11.9. The third-order valence-electron chi connectivity index (χ3n) is 3.60. The fourth-order valence-electron chi connectivity index (χ4n) is 2.62. The van der Waals surface area contributed by atoms with Crippen molar-refractivity contribution >= 4 is 16.7 Å². The molecule has 0 atom stereocenters. The zero-order valence-corrected chi connectivity index (χ0v) is 11.9. The largest absolute Gasteiger partial charge is 0.478 e. The molecule has 6 nitrogen and oxygen atoms in total. The lowest BCUT2D eigenvalue weighted by Crippen LogP contribution is -2.31. The highest BCUT2D eigenvalue weighted by molar-refractivity contribution is 6.04. The maximum atomic E-state index is 14.1. The second-order valence-electron chi connectivity index (χ2n) is 4.86. The molecule has 0 amide bonds. The first kappa shape index (κ1) is 14.0. The van der Waals surface area contributed by atoms with E-state index in [2.05, 4.69) is 4.98 Å². The predicted molar refractivity (Wildman–Crippen MR) is 77.6 cm³/mol. The van der Waals surface area contributed by atoms with E-state index in [-0.39, 0.29) is 22.0 Å². The van der Waals surface area contributed by atoms with Crippen LogP contribution in [0.4, 0.5) is 4.39 Å². The minimum absolute atomic E-state index is 0.0871. The summed E-state index contributed by atoms with van der Waals surface area (Å²) in [7, 11) is 0. The van der Waals surface area contributed by atoms with Crippen molar-refractivity contribution in [1.82, 2.24) is 14.3 Å². The molecule has 0 aliphatic heterocycles. The monoisotopic (exact) mass is 301 g/mol. The molecule has 0 unspecified atom stereocenters. The second kappa shape index (κ2) is 4.80. The number of imidazole rings is 1. The van der Waals surface area contributed by atoms with Crippen LogP contribution >= 0.6 is 0 Å². The van der Waals surface area contributed by atoms with Crippen molar-refractivity contribution in [2.45, 2.75) is 13.8 Å². The molecule has 1 N–H and O–H groups in total. The van der Waals surface area contributed by atoms with Crippen LogP contribution in [0.2, 0.25) is 0 Å². The SMILES string of the molecule is Cc1nccn1-n1c(C)c(C(=O)O)c2cccc(F)c2c1=O. The smallest absolute Gasteiger partial charge is 0.338 e. The molecule has 0 spiro atoms. The molecule has 0 radical (unpaired) electrons.